The fourth-order valence-electron chi connectivity index (χ4n) is 2.27. The summed E-state index contributed by atoms with van der Waals surface area (Å²) < 4.78 is 0. The molecule has 1 N–H and O–H groups in total. The highest BCUT2D eigenvalue weighted by Crippen LogP contribution is 2.24. The number of aromatic nitrogens is 1. The molecule has 2 aromatic heterocycles. The van der Waals surface area contributed by atoms with Gasteiger partial charge in [0.25, 0.3) is 0 Å². The van der Waals surface area contributed by atoms with Crippen LogP contribution in [0.25, 0.3) is 0 Å². The van der Waals surface area contributed by atoms with Crippen LogP contribution in [0.2, 0.25) is 10.0 Å². The molecule has 2 heterocycles. The van der Waals surface area contributed by atoms with E-state index >= 15 is 0 Å². The van der Waals surface area contributed by atoms with Gasteiger partial charge in [0, 0.05) is 29.5 Å². The predicted octanol–water partition coefficient (Wildman–Crippen LogP) is 5.79. The summed E-state index contributed by atoms with van der Waals surface area (Å²) in [5, 5.41) is 8.27. The van der Waals surface area contributed by atoms with Crippen molar-refractivity contribution < 1.29 is 4.79 Å². The van der Waals surface area contributed by atoms with Crippen LogP contribution in [-0.4, -0.2) is 22.5 Å². The maximum atomic E-state index is 12.7. The van der Waals surface area contributed by atoms with Crippen molar-refractivity contribution in [3.63, 3.8) is 0 Å². The molecule has 2 amide bonds. The lowest BCUT2D eigenvalue weighted by Crippen LogP contribution is -2.36. The summed E-state index contributed by atoms with van der Waals surface area (Å²) >= 11 is 15.1. The molecule has 0 saturated carbocycles. The molecule has 0 fully saturated rings. The number of urea groups is 1. The Balaban J connectivity index is 1.72. The summed E-state index contributed by atoms with van der Waals surface area (Å²) in [6, 6.07) is 9.31. The first-order chi connectivity index (χ1) is 12.1. The number of halogens is 2. The molecule has 0 saturated heterocycles. The Bertz CT molecular complexity index is 823. The molecular formula is C17H15Cl2N3OS2. The second kappa shape index (κ2) is 8.67. The number of nitrogens with one attached hydrogen (secondary N) is 1. The summed E-state index contributed by atoms with van der Waals surface area (Å²) in [6.07, 6.45) is 2.46. The third kappa shape index (κ3) is 5.19. The molecule has 4 nitrogen and oxygen atoms in total. The standard InChI is InChI=1S/C17H15Cl2N3OS2/c18-14-4-3-12(10-15(14)19)11-22(7-5-13-2-1-8-24-13)17(23)21-16-20-6-9-25-16/h1-4,6,8-10H,5,7,11H2,(H,20,21,23). The SMILES string of the molecule is O=C(Nc1nccs1)N(CCc1cccs1)Cc1ccc(Cl)c(Cl)c1. The number of thiazole rings is 1. The third-order valence-corrected chi connectivity index (χ3v) is 5.86. The third-order valence-electron chi connectivity index (χ3n) is 3.50. The lowest BCUT2D eigenvalue weighted by atomic mass is 10.2. The van der Waals surface area contributed by atoms with Crippen LogP contribution in [0.15, 0.2) is 47.3 Å². The van der Waals surface area contributed by atoms with Crippen molar-refractivity contribution >= 4 is 57.0 Å². The van der Waals surface area contributed by atoms with E-state index in [1.807, 2.05) is 22.9 Å². The van der Waals surface area contributed by atoms with Crippen LogP contribution in [0.1, 0.15) is 10.4 Å². The smallest absolute Gasteiger partial charge is 0.320 e. The number of anilines is 1. The van der Waals surface area contributed by atoms with Crippen LogP contribution in [0.3, 0.4) is 0 Å². The van der Waals surface area contributed by atoms with Gasteiger partial charge in [0.15, 0.2) is 5.13 Å². The molecule has 1 aromatic carbocycles. The first kappa shape index (κ1) is 18.2. The largest absolute Gasteiger partial charge is 0.323 e. The van der Waals surface area contributed by atoms with E-state index in [0.29, 0.717) is 28.3 Å². The highest BCUT2D eigenvalue weighted by atomic mass is 35.5. The van der Waals surface area contributed by atoms with Gasteiger partial charge in [-0.05, 0) is 35.6 Å². The maximum absolute atomic E-state index is 12.7. The van der Waals surface area contributed by atoms with Gasteiger partial charge < -0.3 is 4.90 Å². The summed E-state index contributed by atoms with van der Waals surface area (Å²) in [4.78, 5) is 19.7. The average Bonchev–Trinajstić information content (AvgIpc) is 3.28. The van der Waals surface area contributed by atoms with Crippen LogP contribution >= 0.6 is 45.9 Å². The Hall–Kier alpha value is -1.60. The number of hydrogen-bond donors (Lipinski definition) is 1. The van der Waals surface area contributed by atoms with E-state index in [0.717, 1.165) is 12.0 Å². The minimum absolute atomic E-state index is 0.183. The van der Waals surface area contributed by atoms with E-state index in [4.69, 9.17) is 23.2 Å². The molecule has 0 bridgehead atoms. The van der Waals surface area contributed by atoms with E-state index in [-0.39, 0.29) is 6.03 Å². The maximum Gasteiger partial charge on any atom is 0.323 e. The summed E-state index contributed by atoms with van der Waals surface area (Å²) in [5.41, 5.74) is 0.926. The Morgan fingerprint density at radius 3 is 2.72 bits per heavy atom. The molecule has 3 aromatic rings. The van der Waals surface area contributed by atoms with Crippen LogP contribution in [-0.2, 0) is 13.0 Å². The lowest BCUT2D eigenvalue weighted by Gasteiger charge is -2.22. The monoisotopic (exact) mass is 411 g/mol. The van der Waals surface area contributed by atoms with Gasteiger partial charge in [-0.15, -0.1) is 22.7 Å². The summed E-state index contributed by atoms with van der Waals surface area (Å²) in [7, 11) is 0. The minimum atomic E-state index is -0.183. The van der Waals surface area contributed by atoms with Crippen LogP contribution < -0.4 is 5.32 Å². The van der Waals surface area contributed by atoms with Crippen LogP contribution in [0, 0.1) is 0 Å². The number of rotatable bonds is 6. The Kier molecular flexibility index (Phi) is 6.31. The van der Waals surface area contributed by atoms with Gasteiger partial charge in [-0.3, -0.25) is 5.32 Å². The number of benzene rings is 1. The van der Waals surface area contributed by atoms with Gasteiger partial charge in [0.2, 0.25) is 0 Å². The predicted molar refractivity (Wildman–Crippen MR) is 106 cm³/mol. The number of hydrogen-bond acceptors (Lipinski definition) is 4. The topological polar surface area (TPSA) is 45.2 Å². The van der Waals surface area contributed by atoms with E-state index in [1.165, 1.54) is 16.2 Å². The summed E-state index contributed by atoms with van der Waals surface area (Å²) in [5.74, 6) is 0. The van der Waals surface area contributed by atoms with E-state index < -0.39 is 0 Å². The van der Waals surface area contributed by atoms with Gasteiger partial charge in [-0.25, -0.2) is 9.78 Å². The quantitative estimate of drug-likeness (QED) is 0.557. The van der Waals surface area contributed by atoms with E-state index in [1.54, 1.807) is 34.6 Å². The molecule has 0 unspecified atom stereocenters. The zero-order valence-corrected chi connectivity index (χ0v) is 16.3. The van der Waals surface area contributed by atoms with Crippen molar-refractivity contribution in [2.75, 3.05) is 11.9 Å². The van der Waals surface area contributed by atoms with Crippen LogP contribution in [0.5, 0.6) is 0 Å². The molecule has 0 radical (unpaired) electrons. The van der Waals surface area contributed by atoms with Gasteiger partial charge in [-0.2, -0.15) is 0 Å². The van der Waals surface area contributed by atoms with Crippen molar-refractivity contribution in [2.24, 2.45) is 0 Å². The molecule has 0 aliphatic carbocycles. The fourth-order valence-corrected chi connectivity index (χ4v) is 3.80. The van der Waals surface area contributed by atoms with Gasteiger partial charge in [0.05, 0.1) is 10.0 Å². The normalized spacial score (nSPS) is 10.6. The Labute approximate surface area is 164 Å². The molecule has 0 spiro atoms. The minimum Gasteiger partial charge on any atom is -0.320 e. The number of thiophene rings is 1. The van der Waals surface area contributed by atoms with Crippen molar-refractivity contribution in [1.29, 1.82) is 0 Å². The first-order valence-corrected chi connectivity index (χ1v) is 10.0. The second-order valence-corrected chi connectivity index (χ2v) is 8.01. The molecule has 3 rings (SSSR count). The number of amides is 2. The van der Waals surface area contributed by atoms with Gasteiger partial charge in [0.1, 0.15) is 0 Å². The Morgan fingerprint density at radius 1 is 1.16 bits per heavy atom. The van der Waals surface area contributed by atoms with E-state index in [9.17, 15) is 4.79 Å². The Morgan fingerprint density at radius 2 is 2.04 bits per heavy atom. The van der Waals surface area contributed by atoms with Crippen molar-refractivity contribution in [3.05, 3.63) is 67.8 Å². The molecule has 0 aliphatic rings. The molecule has 0 atom stereocenters. The zero-order chi connectivity index (χ0) is 17.6. The van der Waals surface area contributed by atoms with Crippen molar-refractivity contribution in [3.8, 4) is 0 Å². The highest BCUT2D eigenvalue weighted by molar-refractivity contribution is 7.13. The van der Waals surface area contributed by atoms with Crippen LogP contribution in [0.4, 0.5) is 9.93 Å². The second-order valence-electron chi connectivity index (χ2n) is 5.27. The van der Waals surface area contributed by atoms with Crippen molar-refractivity contribution in [1.82, 2.24) is 9.88 Å². The first-order valence-electron chi connectivity index (χ1n) is 7.53. The highest BCUT2D eigenvalue weighted by Gasteiger charge is 2.16. The molecule has 8 heteroatoms. The number of carbonyl (C=O) groups excluding carboxylic acids is 1. The van der Waals surface area contributed by atoms with E-state index in [2.05, 4.69) is 16.4 Å². The molecule has 25 heavy (non-hydrogen) atoms. The van der Waals surface area contributed by atoms with Gasteiger partial charge in [-0.1, -0.05) is 35.3 Å². The zero-order valence-electron chi connectivity index (χ0n) is 13.1. The summed E-state index contributed by atoms with van der Waals surface area (Å²) in [6.45, 7) is 1.04. The van der Waals surface area contributed by atoms with Gasteiger partial charge >= 0.3 is 6.03 Å². The lowest BCUT2D eigenvalue weighted by molar-refractivity contribution is 0.210. The van der Waals surface area contributed by atoms with Crippen molar-refractivity contribution in [2.45, 2.75) is 13.0 Å². The molecular weight excluding hydrogens is 397 g/mol. The number of carbonyl (C=O) groups is 1. The molecule has 0 aliphatic heterocycles. The average molecular weight is 412 g/mol. The number of nitrogens with zero attached hydrogens (tertiary/aromatic N) is 2. The fraction of sp³-hybridized carbons (Fsp3) is 0.176. The molecule has 130 valence electrons.